The number of fused-ring (bicyclic) bond motifs is 1. The molecule has 3 rings (SSSR count). The minimum atomic E-state index is -0.721. The average molecular weight is 266 g/mol. The lowest BCUT2D eigenvalue weighted by molar-refractivity contribution is -0.149. The van der Waals surface area contributed by atoms with Crippen LogP contribution in [0.25, 0.3) is 0 Å². The second-order valence-corrected chi connectivity index (χ2v) is 6.59. The third-order valence-corrected chi connectivity index (χ3v) is 5.38. The van der Waals surface area contributed by atoms with Gasteiger partial charge >= 0.3 is 12.0 Å². The third-order valence-electron chi connectivity index (χ3n) is 5.38. The standard InChI is InChI=1S/C14H22N2O3/c1-9-5-10(9)6-15-13(19)16-7-11-3-2-4-14(11,8-16)12(17)18/h9-11H,2-8H2,1H3,(H,15,19)(H,17,18)/t9?,10?,11-,14+/m0/s1. The molecule has 0 aromatic rings. The molecule has 3 aliphatic rings. The average Bonchev–Trinajstić information content (AvgIpc) is 2.75. The highest BCUT2D eigenvalue weighted by molar-refractivity contribution is 5.80. The molecule has 2 amide bonds. The number of urea groups is 1. The van der Waals surface area contributed by atoms with Crippen molar-refractivity contribution in [1.82, 2.24) is 10.2 Å². The van der Waals surface area contributed by atoms with Gasteiger partial charge in [-0.2, -0.15) is 0 Å². The van der Waals surface area contributed by atoms with Crippen LogP contribution in [-0.4, -0.2) is 41.6 Å². The second kappa shape index (κ2) is 4.39. The van der Waals surface area contributed by atoms with Gasteiger partial charge in [0.25, 0.3) is 0 Å². The first kappa shape index (κ1) is 12.8. The number of carboxylic acids is 1. The van der Waals surface area contributed by atoms with Gasteiger partial charge in [-0.25, -0.2) is 4.79 Å². The minimum absolute atomic E-state index is 0.0749. The molecule has 106 valence electrons. The van der Waals surface area contributed by atoms with Crippen molar-refractivity contribution in [2.75, 3.05) is 19.6 Å². The molecule has 19 heavy (non-hydrogen) atoms. The predicted octanol–water partition coefficient (Wildman–Crippen LogP) is 1.54. The number of likely N-dealkylation sites (tertiary alicyclic amines) is 1. The molecule has 1 heterocycles. The van der Waals surface area contributed by atoms with Crippen molar-refractivity contribution in [3.63, 3.8) is 0 Å². The molecule has 0 spiro atoms. The van der Waals surface area contributed by atoms with E-state index in [1.54, 1.807) is 4.90 Å². The molecule has 1 aliphatic heterocycles. The number of carboxylic acid groups (broad SMARTS) is 1. The van der Waals surface area contributed by atoms with Gasteiger partial charge < -0.3 is 15.3 Å². The van der Waals surface area contributed by atoms with Crippen molar-refractivity contribution in [2.45, 2.75) is 32.6 Å². The molecule has 2 N–H and O–H groups in total. The number of carbonyl (C=O) groups is 2. The lowest BCUT2D eigenvalue weighted by atomic mass is 9.81. The molecule has 3 fully saturated rings. The van der Waals surface area contributed by atoms with E-state index in [1.807, 2.05) is 0 Å². The monoisotopic (exact) mass is 266 g/mol. The molecule has 4 atom stereocenters. The Bertz CT molecular complexity index is 411. The Balaban J connectivity index is 1.58. The van der Waals surface area contributed by atoms with Crippen molar-refractivity contribution in [2.24, 2.45) is 23.2 Å². The Morgan fingerprint density at radius 2 is 2.21 bits per heavy atom. The van der Waals surface area contributed by atoms with Gasteiger partial charge in [-0.05, 0) is 37.0 Å². The number of rotatable bonds is 3. The molecule has 2 saturated carbocycles. The van der Waals surface area contributed by atoms with Gasteiger partial charge in [0.05, 0.1) is 5.41 Å². The van der Waals surface area contributed by atoms with Gasteiger partial charge in [-0.1, -0.05) is 13.3 Å². The maximum absolute atomic E-state index is 12.1. The Morgan fingerprint density at radius 1 is 1.47 bits per heavy atom. The van der Waals surface area contributed by atoms with Gasteiger partial charge in [0.15, 0.2) is 0 Å². The first-order chi connectivity index (χ1) is 9.03. The summed E-state index contributed by atoms with van der Waals surface area (Å²) >= 11 is 0. The normalized spacial score (nSPS) is 40.1. The highest BCUT2D eigenvalue weighted by Crippen LogP contribution is 2.48. The van der Waals surface area contributed by atoms with E-state index in [9.17, 15) is 14.7 Å². The van der Waals surface area contributed by atoms with Crippen LogP contribution in [0.1, 0.15) is 32.6 Å². The maximum atomic E-state index is 12.1. The van der Waals surface area contributed by atoms with Crippen LogP contribution in [-0.2, 0) is 4.79 Å². The zero-order valence-corrected chi connectivity index (χ0v) is 11.4. The van der Waals surface area contributed by atoms with Gasteiger partial charge in [-0.3, -0.25) is 4.79 Å². The summed E-state index contributed by atoms with van der Waals surface area (Å²) < 4.78 is 0. The summed E-state index contributed by atoms with van der Waals surface area (Å²) in [6, 6.07) is -0.0749. The summed E-state index contributed by atoms with van der Waals surface area (Å²) in [5.41, 5.74) is -0.662. The maximum Gasteiger partial charge on any atom is 0.317 e. The van der Waals surface area contributed by atoms with Crippen molar-refractivity contribution in [1.29, 1.82) is 0 Å². The number of carbonyl (C=O) groups excluding carboxylic acids is 1. The lowest BCUT2D eigenvalue weighted by Crippen LogP contribution is -2.42. The van der Waals surface area contributed by atoms with Crippen molar-refractivity contribution in [3.8, 4) is 0 Å². The molecule has 2 unspecified atom stereocenters. The van der Waals surface area contributed by atoms with Crippen LogP contribution >= 0.6 is 0 Å². The van der Waals surface area contributed by atoms with E-state index in [0.717, 1.165) is 31.7 Å². The summed E-state index contributed by atoms with van der Waals surface area (Å²) in [5.74, 6) is 0.778. The molecule has 2 aliphatic carbocycles. The summed E-state index contributed by atoms with van der Waals surface area (Å²) in [7, 11) is 0. The van der Waals surface area contributed by atoms with Gasteiger partial charge in [0, 0.05) is 19.6 Å². The van der Waals surface area contributed by atoms with Crippen LogP contribution < -0.4 is 5.32 Å². The van der Waals surface area contributed by atoms with E-state index >= 15 is 0 Å². The highest BCUT2D eigenvalue weighted by Gasteiger charge is 2.55. The lowest BCUT2D eigenvalue weighted by Gasteiger charge is -2.23. The van der Waals surface area contributed by atoms with Gasteiger partial charge in [-0.15, -0.1) is 0 Å². The smallest absolute Gasteiger partial charge is 0.317 e. The van der Waals surface area contributed by atoms with Crippen LogP contribution in [0.5, 0.6) is 0 Å². The van der Waals surface area contributed by atoms with Crippen LogP contribution in [0.15, 0.2) is 0 Å². The van der Waals surface area contributed by atoms with E-state index in [4.69, 9.17) is 0 Å². The number of hydrogen-bond donors (Lipinski definition) is 2. The van der Waals surface area contributed by atoms with Crippen LogP contribution in [0.4, 0.5) is 4.79 Å². The fraction of sp³-hybridized carbons (Fsp3) is 0.857. The fourth-order valence-electron chi connectivity index (χ4n) is 3.81. The fourth-order valence-corrected chi connectivity index (χ4v) is 3.81. The largest absolute Gasteiger partial charge is 0.481 e. The van der Waals surface area contributed by atoms with E-state index in [2.05, 4.69) is 12.2 Å². The number of hydrogen-bond acceptors (Lipinski definition) is 2. The zero-order chi connectivity index (χ0) is 13.6. The zero-order valence-electron chi connectivity index (χ0n) is 11.4. The molecule has 1 saturated heterocycles. The predicted molar refractivity (Wildman–Crippen MR) is 69.7 cm³/mol. The van der Waals surface area contributed by atoms with E-state index < -0.39 is 11.4 Å². The van der Waals surface area contributed by atoms with Gasteiger partial charge in [0.1, 0.15) is 0 Å². The molecule has 0 bridgehead atoms. The number of aliphatic carboxylic acids is 1. The molecular formula is C14H22N2O3. The van der Waals surface area contributed by atoms with Crippen LogP contribution in [0, 0.1) is 23.2 Å². The Morgan fingerprint density at radius 3 is 2.79 bits per heavy atom. The van der Waals surface area contributed by atoms with E-state index in [0.29, 0.717) is 19.0 Å². The number of nitrogens with one attached hydrogen (secondary N) is 1. The number of amides is 2. The van der Waals surface area contributed by atoms with Gasteiger partial charge in [0.2, 0.25) is 0 Å². The quantitative estimate of drug-likeness (QED) is 0.814. The Labute approximate surface area is 113 Å². The summed E-state index contributed by atoms with van der Waals surface area (Å²) in [5, 5.41) is 12.4. The summed E-state index contributed by atoms with van der Waals surface area (Å²) in [4.78, 5) is 25.3. The summed E-state index contributed by atoms with van der Waals surface area (Å²) in [6.07, 6.45) is 3.83. The minimum Gasteiger partial charge on any atom is -0.481 e. The van der Waals surface area contributed by atoms with Crippen molar-refractivity contribution >= 4 is 12.0 Å². The van der Waals surface area contributed by atoms with Crippen molar-refractivity contribution in [3.05, 3.63) is 0 Å². The molecular weight excluding hydrogens is 244 g/mol. The van der Waals surface area contributed by atoms with E-state index in [1.165, 1.54) is 6.42 Å². The highest BCUT2D eigenvalue weighted by atomic mass is 16.4. The molecule has 5 nitrogen and oxygen atoms in total. The molecule has 0 aromatic heterocycles. The molecule has 0 radical (unpaired) electrons. The Hall–Kier alpha value is -1.26. The first-order valence-electron chi connectivity index (χ1n) is 7.29. The molecule has 5 heteroatoms. The topological polar surface area (TPSA) is 69.6 Å². The third kappa shape index (κ3) is 2.09. The van der Waals surface area contributed by atoms with Crippen LogP contribution in [0.3, 0.4) is 0 Å². The second-order valence-electron chi connectivity index (χ2n) is 6.59. The Kier molecular flexibility index (Phi) is 2.95. The molecule has 0 aromatic carbocycles. The SMILES string of the molecule is CC1CC1CNC(=O)N1C[C@@H]2CCC[C@@]2(C(=O)O)C1. The van der Waals surface area contributed by atoms with Crippen LogP contribution in [0.2, 0.25) is 0 Å². The number of nitrogens with zero attached hydrogens (tertiary/aromatic N) is 1. The summed E-state index contributed by atoms with van der Waals surface area (Å²) in [6.45, 7) is 3.93. The van der Waals surface area contributed by atoms with E-state index in [-0.39, 0.29) is 11.9 Å². The first-order valence-corrected chi connectivity index (χ1v) is 7.29. The van der Waals surface area contributed by atoms with Crippen molar-refractivity contribution < 1.29 is 14.7 Å².